The molecule has 1 aliphatic rings. The molecule has 2 nitrogen and oxygen atoms in total. The van der Waals surface area contributed by atoms with Crippen LogP contribution in [0.25, 0.3) is 0 Å². The zero-order chi connectivity index (χ0) is 8.81. The van der Waals surface area contributed by atoms with Crippen LogP contribution in [0.4, 0.5) is 0 Å². The first-order valence-electron chi connectivity index (χ1n) is 5.24. The Morgan fingerprint density at radius 1 is 1.33 bits per heavy atom. The summed E-state index contributed by atoms with van der Waals surface area (Å²) in [4.78, 5) is 0. The fourth-order valence-corrected chi connectivity index (χ4v) is 2.14. The maximum atomic E-state index is 6.04. The van der Waals surface area contributed by atoms with Crippen molar-refractivity contribution in [1.82, 2.24) is 5.32 Å². The van der Waals surface area contributed by atoms with Gasteiger partial charge in [-0.3, -0.25) is 0 Å². The van der Waals surface area contributed by atoms with Gasteiger partial charge in [0.1, 0.15) is 0 Å². The third kappa shape index (κ3) is 3.11. The van der Waals surface area contributed by atoms with E-state index in [-0.39, 0.29) is 0 Å². The number of nitrogens with two attached hydrogens (primary N) is 1. The van der Waals surface area contributed by atoms with Crippen molar-refractivity contribution < 1.29 is 0 Å². The monoisotopic (exact) mass is 170 g/mol. The van der Waals surface area contributed by atoms with Crippen LogP contribution in [0.15, 0.2) is 0 Å². The van der Waals surface area contributed by atoms with Crippen molar-refractivity contribution in [2.24, 2.45) is 11.7 Å². The zero-order valence-electron chi connectivity index (χ0n) is 8.18. The standard InChI is InChI=1S/C10H22N2/c1-12-8-4-6-9-5-2-3-7-10(9)11/h9-10,12H,2-8,11H2,1H3. The second-order valence-corrected chi connectivity index (χ2v) is 3.95. The molecule has 1 aliphatic carbocycles. The Morgan fingerprint density at radius 3 is 2.75 bits per heavy atom. The van der Waals surface area contributed by atoms with Crippen molar-refractivity contribution in [3.05, 3.63) is 0 Å². The van der Waals surface area contributed by atoms with Crippen LogP contribution in [-0.4, -0.2) is 19.6 Å². The van der Waals surface area contributed by atoms with Gasteiger partial charge in [-0.05, 0) is 45.2 Å². The van der Waals surface area contributed by atoms with Gasteiger partial charge in [-0.1, -0.05) is 12.8 Å². The highest BCUT2D eigenvalue weighted by atomic mass is 14.8. The van der Waals surface area contributed by atoms with Crippen LogP contribution in [0.1, 0.15) is 38.5 Å². The minimum absolute atomic E-state index is 0.496. The molecule has 0 amide bonds. The minimum Gasteiger partial charge on any atom is -0.327 e. The Morgan fingerprint density at radius 2 is 2.08 bits per heavy atom. The molecule has 0 aromatic heterocycles. The molecular weight excluding hydrogens is 148 g/mol. The predicted octanol–water partition coefficient (Wildman–Crippen LogP) is 1.50. The first kappa shape index (κ1) is 10.0. The summed E-state index contributed by atoms with van der Waals surface area (Å²) in [5.41, 5.74) is 6.04. The molecule has 0 radical (unpaired) electrons. The summed E-state index contributed by atoms with van der Waals surface area (Å²) in [6.45, 7) is 1.14. The van der Waals surface area contributed by atoms with Crippen molar-refractivity contribution in [3.63, 3.8) is 0 Å². The second kappa shape index (κ2) is 5.55. The summed E-state index contributed by atoms with van der Waals surface area (Å²) in [6, 6.07) is 0.496. The highest BCUT2D eigenvalue weighted by molar-refractivity contribution is 4.77. The Balaban J connectivity index is 2.11. The fraction of sp³-hybridized carbons (Fsp3) is 1.00. The minimum atomic E-state index is 0.496. The molecule has 1 rings (SSSR count). The van der Waals surface area contributed by atoms with Crippen molar-refractivity contribution in [1.29, 1.82) is 0 Å². The largest absolute Gasteiger partial charge is 0.327 e. The average molecular weight is 170 g/mol. The molecule has 0 bridgehead atoms. The summed E-state index contributed by atoms with van der Waals surface area (Å²) >= 11 is 0. The van der Waals surface area contributed by atoms with Gasteiger partial charge >= 0.3 is 0 Å². The molecule has 2 unspecified atom stereocenters. The number of hydrogen-bond acceptors (Lipinski definition) is 2. The van der Waals surface area contributed by atoms with Crippen LogP contribution in [0.3, 0.4) is 0 Å². The molecule has 0 heterocycles. The number of rotatable bonds is 4. The van der Waals surface area contributed by atoms with E-state index in [1.807, 2.05) is 7.05 Å². The molecule has 3 N–H and O–H groups in total. The molecule has 0 aliphatic heterocycles. The number of nitrogens with one attached hydrogen (secondary N) is 1. The molecule has 2 heteroatoms. The number of hydrogen-bond donors (Lipinski definition) is 2. The summed E-state index contributed by atoms with van der Waals surface area (Å²) in [5, 5.41) is 3.18. The quantitative estimate of drug-likeness (QED) is 0.628. The topological polar surface area (TPSA) is 38.0 Å². The van der Waals surface area contributed by atoms with Gasteiger partial charge in [0, 0.05) is 6.04 Å². The van der Waals surface area contributed by atoms with E-state index in [0.717, 1.165) is 12.5 Å². The summed E-state index contributed by atoms with van der Waals surface area (Å²) in [6.07, 6.45) is 7.98. The van der Waals surface area contributed by atoms with E-state index < -0.39 is 0 Å². The lowest BCUT2D eigenvalue weighted by Crippen LogP contribution is -2.33. The van der Waals surface area contributed by atoms with Crippen molar-refractivity contribution in [2.75, 3.05) is 13.6 Å². The average Bonchev–Trinajstić information content (AvgIpc) is 2.09. The summed E-state index contributed by atoms with van der Waals surface area (Å²) < 4.78 is 0. The Kier molecular flexibility index (Phi) is 4.62. The Hall–Kier alpha value is -0.0800. The first-order chi connectivity index (χ1) is 5.84. The SMILES string of the molecule is CNCCCC1CCCCC1N. The van der Waals surface area contributed by atoms with E-state index in [9.17, 15) is 0 Å². The lowest BCUT2D eigenvalue weighted by atomic mass is 9.82. The maximum absolute atomic E-state index is 6.04. The summed E-state index contributed by atoms with van der Waals surface area (Å²) in [5.74, 6) is 0.812. The third-order valence-corrected chi connectivity index (χ3v) is 2.97. The Bertz CT molecular complexity index is 114. The first-order valence-corrected chi connectivity index (χ1v) is 5.24. The van der Waals surface area contributed by atoms with Crippen molar-refractivity contribution in [3.8, 4) is 0 Å². The van der Waals surface area contributed by atoms with Crippen LogP contribution in [0.5, 0.6) is 0 Å². The zero-order valence-corrected chi connectivity index (χ0v) is 8.18. The van der Waals surface area contributed by atoms with Gasteiger partial charge in [0.15, 0.2) is 0 Å². The van der Waals surface area contributed by atoms with E-state index in [2.05, 4.69) is 5.32 Å². The van der Waals surface area contributed by atoms with Crippen molar-refractivity contribution in [2.45, 2.75) is 44.6 Å². The van der Waals surface area contributed by atoms with Crippen LogP contribution < -0.4 is 11.1 Å². The van der Waals surface area contributed by atoms with Gasteiger partial charge in [-0.15, -0.1) is 0 Å². The smallest absolute Gasteiger partial charge is 0.00671 e. The van der Waals surface area contributed by atoms with Crippen LogP contribution >= 0.6 is 0 Å². The highest BCUT2D eigenvalue weighted by Gasteiger charge is 2.20. The molecule has 1 fully saturated rings. The van der Waals surface area contributed by atoms with Gasteiger partial charge < -0.3 is 11.1 Å². The molecular formula is C10H22N2. The lowest BCUT2D eigenvalue weighted by Gasteiger charge is -2.28. The van der Waals surface area contributed by atoms with Crippen LogP contribution in [-0.2, 0) is 0 Å². The molecule has 72 valence electrons. The van der Waals surface area contributed by atoms with Crippen molar-refractivity contribution >= 4 is 0 Å². The molecule has 0 aromatic rings. The molecule has 12 heavy (non-hydrogen) atoms. The van der Waals surface area contributed by atoms with Gasteiger partial charge in [-0.2, -0.15) is 0 Å². The lowest BCUT2D eigenvalue weighted by molar-refractivity contribution is 0.286. The normalized spacial score (nSPS) is 30.5. The van der Waals surface area contributed by atoms with E-state index in [4.69, 9.17) is 5.73 Å². The summed E-state index contributed by atoms with van der Waals surface area (Å²) in [7, 11) is 2.01. The molecule has 0 saturated heterocycles. The fourth-order valence-electron chi connectivity index (χ4n) is 2.14. The van der Waals surface area contributed by atoms with E-state index in [1.165, 1.54) is 38.5 Å². The van der Waals surface area contributed by atoms with Crippen LogP contribution in [0, 0.1) is 5.92 Å². The van der Waals surface area contributed by atoms with Gasteiger partial charge in [0.2, 0.25) is 0 Å². The second-order valence-electron chi connectivity index (χ2n) is 3.95. The highest BCUT2D eigenvalue weighted by Crippen LogP contribution is 2.26. The molecule has 2 atom stereocenters. The van der Waals surface area contributed by atoms with E-state index >= 15 is 0 Å². The molecule has 0 aromatic carbocycles. The Labute approximate surface area is 75.9 Å². The van der Waals surface area contributed by atoms with Gasteiger partial charge in [-0.25, -0.2) is 0 Å². The molecule has 1 saturated carbocycles. The van der Waals surface area contributed by atoms with Gasteiger partial charge in [0.05, 0.1) is 0 Å². The van der Waals surface area contributed by atoms with Gasteiger partial charge in [0.25, 0.3) is 0 Å². The molecule has 0 spiro atoms. The van der Waals surface area contributed by atoms with E-state index in [0.29, 0.717) is 6.04 Å². The van der Waals surface area contributed by atoms with Crippen LogP contribution in [0.2, 0.25) is 0 Å². The predicted molar refractivity (Wildman–Crippen MR) is 53.1 cm³/mol. The maximum Gasteiger partial charge on any atom is 0.00671 e. The van der Waals surface area contributed by atoms with E-state index in [1.54, 1.807) is 0 Å². The third-order valence-electron chi connectivity index (χ3n) is 2.97.